The number of hydrogen-bond donors (Lipinski definition) is 0. The van der Waals surface area contributed by atoms with Crippen molar-refractivity contribution in [2.24, 2.45) is 0 Å². The van der Waals surface area contributed by atoms with E-state index in [1.54, 1.807) is 12.1 Å². The van der Waals surface area contributed by atoms with Crippen molar-refractivity contribution in [3.05, 3.63) is 108 Å². The van der Waals surface area contributed by atoms with Crippen LogP contribution in [0.25, 0.3) is 22.5 Å². The number of halogens is 1. The maximum Gasteiger partial charge on any atom is 0.191 e. The van der Waals surface area contributed by atoms with E-state index in [9.17, 15) is 0 Å². The minimum absolute atomic E-state index is 0.349. The summed E-state index contributed by atoms with van der Waals surface area (Å²) in [6.45, 7) is 1.52. The van der Waals surface area contributed by atoms with E-state index in [0.29, 0.717) is 11.4 Å². The van der Waals surface area contributed by atoms with Crippen LogP contribution in [0.2, 0.25) is 0 Å². The predicted molar refractivity (Wildman–Crippen MR) is 107 cm³/mol. The zero-order valence-electron chi connectivity index (χ0n) is 15.0. The van der Waals surface area contributed by atoms with Crippen LogP contribution in [0, 0.1) is 0 Å². The third-order valence-corrected chi connectivity index (χ3v) is 4.60. The van der Waals surface area contributed by atoms with Gasteiger partial charge in [0.15, 0.2) is 5.67 Å². The number of aromatic nitrogens is 2. The fourth-order valence-corrected chi connectivity index (χ4v) is 3.06. The van der Waals surface area contributed by atoms with Crippen molar-refractivity contribution in [2.75, 3.05) is 0 Å². The van der Waals surface area contributed by atoms with Crippen molar-refractivity contribution in [1.82, 2.24) is 9.97 Å². The normalized spacial score (nSPS) is 11.3. The molecule has 0 unspecified atom stereocenters. The molecule has 0 atom stereocenters. The standard InChI is InChI=1S/C24H19FN2/c1-24(25,22-16-8-14-20(26-22)18-10-4-2-5-11-18)23-17-9-15-21(27-23)19-12-6-3-7-13-19/h2-17H,1H3. The van der Waals surface area contributed by atoms with E-state index >= 15 is 4.39 Å². The van der Waals surface area contributed by atoms with Crippen LogP contribution >= 0.6 is 0 Å². The lowest BCUT2D eigenvalue weighted by molar-refractivity contribution is 0.237. The summed E-state index contributed by atoms with van der Waals surface area (Å²) >= 11 is 0. The first-order valence-corrected chi connectivity index (χ1v) is 8.89. The van der Waals surface area contributed by atoms with Crippen LogP contribution in [-0.4, -0.2) is 9.97 Å². The second kappa shape index (κ2) is 7.12. The molecule has 2 aromatic heterocycles. The Bertz CT molecular complexity index is 959. The summed E-state index contributed by atoms with van der Waals surface area (Å²) in [7, 11) is 0. The molecule has 0 bridgehead atoms. The van der Waals surface area contributed by atoms with E-state index in [4.69, 9.17) is 0 Å². The lowest BCUT2D eigenvalue weighted by Crippen LogP contribution is -2.20. The highest BCUT2D eigenvalue weighted by Crippen LogP contribution is 2.33. The highest BCUT2D eigenvalue weighted by atomic mass is 19.1. The molecule has 4 aromatic rings. The molecule has 0 saturated carbocycles. The Morgan fingerprint density at radius 3 is 1.37 bits per heavy atom. The van der Waals surface area contributed by atoms with Crippen molar-refractivity contribution in [1.29, 1.82) is 0 Å². The molecule has 0 spiro atoms. The highest BCUT2D eigenvalue weighted by molar-refractivity contribution is 5.60. The minimum Gasteiger partial charge on any atom is -0.249 e. The van der Waals surface area contributed by atoms with Crippen molar-refractivity contribution in [3.8, 4) is 22.5 Å². The van der Waals surface area contributed by atoms with Gasteiger partial charge in [-0.2, -0.15) is 0 Å². The van der Waals surface area contributed by atoms with Crippen molar-refractivity contribution >= 4 is 0 Å². The monoisotopic (exact) mass is 354 g/mol. The van der Waals surface area contributed by atoms with Gasteiger partial charge in [0.05, 0.1) is 22.8 Å². The predicted octanol–water partition coefficient (Wildman–Crippen LogP) is 6.04. The Balaban J connectivity index is 1.74. The molecule has 2 heterocycles. The van der Waals surface area contributed by atoms with E-state index in [-0.39, 0.29) is 0 Å². The number of hydrogen-bond acceptors (Lipinski definition) is 2. The van der Waals surface area contributed by atoms with E-state index < -0.39 is 5.67 Å². The molecule has 3 heteroatoms. The van der Waals surface area contributed by atoms with Gasteiger partial charge in [-0.15, -0.1) is 0 Å². The topological polar surface area (TPSA) is 25.8 Å². The molecule has 0 aliphatic carbocycles. The smallest absolute Gasteiger partial charge is 0.191 e. The first-order valence-electron chi connectivity index (χ1n) is 8.89. The Labute approximate surface area is 158 Å². The van der Waals surface area contributed by atoms with Crippen molar-refractivity contribution in [2.45, 2.75) is 12.6 Å². The lowest BCUT2D eigenvalue weighted by Gasteiger charge is -2.20. The van der Waals surface area contributed by atoms with E-state index in [2.05, 4.69) is 9.97 Å². The van der Waals surface area contributed by atoms with Crippen LogP contribution in [-0.2, 0) is 5.67 Å². The highest BCUT2D eigenvalue weighted by Gasteiger charge is 2.32. The summed E-state index contributed by atoms with van der Waals surface area (Å²) in [6, 6.07) is 30.4. The van der Waals surface area contributed by atoms with Gasteiger partial charge in [0.1, 0.15) is 0 Å². The molecule has 0 aliphatic heterocycles. The minimum atomic E-state index is -1.80. The lowest BCUT2D eigenvalue weighted by atomic mass is 9.97. The molecule has 0 saturated heterocycles. The van der Waals surface area contributed by atoms with Crippen molar-refractivity contribution < 1.29 is 4.39 Å². The number of nitrogens with zero attached hydrogens (tertiary/aromatic N) is 2. The van der Waals surface area contributed by atoms with E-state index in [1.165, 1.54) is 6.92 Å². The van der Waals surface area contributed by atoms with Crippen LogP contribution in [0.1, 0.15) is 18.3 Å². The third-order valence-electron chi connectivity index (χ3n) is 4.60. The molecule has 0 radical (unpaired) electrons. The second-order valence-corrected chi connectivity index (χ2v) is 6.55. The summed E-state index contributed by atoms with van der Waals surface area (Å²) in [5.41, 5.74) is 2.31. The van der Waals surface area contributed by atoms with Gasteiger partial charge in [-0.25, -0.2) is 14.4 Å². The summed E-state index contributed by atoms with van der Waals surface area (Å²) in [5.74, 6) is 0. The fourth-order valence-electron chi connectivity index (χ4n) is 3.06. The van der Waals surface area contributed by atoms with Gasteiger partial charge >= 0.3 is 0 Å². The van der Waals surface area contributed by atoms with Crippen LogP contribution in [0.3, 0.4) is 0 Å². The third kappa shape index (κ3) is 3.49. The number of alkyl halides is 1. The Morgan fingerprint density at radius 1 is 0.556 bits per heavy atom. The molecular formula is C24H19FN2. The summed E-state index contributed by atoms with van der Waals surface area (Å²) in [4.78, 5) is 9.16. The van der Waals surface area contributed by atoms with Gasteiger partial charge in [-0.3, -0.25) is 0 Å². The largest absolute Gasteiger partial charge is 0.249 e. The van der Waals surface area contributed by atoms with Gasteiger partial charge in [-0.1, -0.05) is 72.8 Å². The van der Waals surface area contributed by atoms with Crippen LogP contribution < -0.4 is 0 Å². The molecule has 4 rings (SSSR count). The van der Waals surface area contributed by atoms with Crippen LogP contribution in [0.15, 0.2) is 97.1 Å². The Kier molecular flexibility index (Phi) is 4.51. The average Bonchev–Trinajstić information content (AvgIpc) is 2.75. The summed E-state index contributed by atoms with van der Waals surface area (Å²) in [5, 5.41) is 0. The van der Waals surface area contributed by atoms with Gasteiger partial charge in [-0.05, 0) is 31.2 Å². The molecule has 0 aliphatic rings. The quantitative estimate of drug-likeness (QED) is 0.446. The number of benzene rings is 2. The SMILES string of the molecule is CC(F)(c1cccc(-c2ccccc2)n1)c1cccc(-c2ccccc2)n1. The molecule has 2 aromatic carbocycles. The van der Waals surface area contributed by atoms with E-state index in [0.717, 1.165) is 22.5 Å². The molecule has 0 amide bonds. The maximum atomic E-state index is 15.8. The van der Waals surface area contributed by atoms with Crippen LogP contribution in [0.5, 0.6) is 0 Å². The van der Waals surface area contributed by atoms with Crippen LogP contribution in [0.4, 0.5) is 4.39 Å². The summed E-state index contributed by atoms with van der Waals surface area (Å²) in [6.07, 6.45) is 0. The van der Waals surface area contributed by atoms with Gasteiger partial charge in [0.25, 0.3) is 0 Å². The first-order chi connectivity index (χ1) is 13.1. The second-order valence-electron chi connectivity index (χ2n) is 6.55. The zero-order chi connectivity index (χ0) is 18.7. The average molecular weight is 354 g/mol. The molecule has 0 N–H and O–H groups in total. The molecular weight excluding hydrogens is 335 g/mol. The van der Waals surface area contributed by atoms with Gasteiger partial charge < -0.3 is 0 Å². The first kappa shape index (κ1) is 17.1. The fraction of sp³-hybridized carbons (Fsp3) is 0.0833. The van der Waals surface area contributed by atoms with Crippen molar-refractivity contribution in [3.63, 3.8) is 0 Å². The Hall–Kier alpha value is -3.33. The molecule has 132 valence electrons. The van der Waals surface area contributed by atoms with Gasteiger partial charge in [0, 0.05) is 11.1 Å². The zero-order valence-corrected chi connectivity index (χ0v) is 15.0. The van der Waals surface area contributed by atoms with Gasteiger partial charge in [0.2, 0.25) is 0 Å². The summed E-state index contributed by atoms with van der Waals surface area (Å²) < 4.78 is 15.8. The Morgan fingerprint density at radius 2 is 0.963 bits per heavy atom. The molecule has 27 heavy (non-hydrogen) atoms. The van der Waals surface area contributed by atoms with E-state index in [1.807, 2.05) is 84.9 Å². The molecule has 0 fully saturated rings. The maximum absolute atomic E-state index is 15.8. The number of rotatable bonds is 4. The molecule has 2 nitrogen and oxygen atoms in total. The number of pyridine rings is 2.